The largest absolute Gasteiger partial charge is 0.494 e. The van der Waals surface area contributed by atoms with Crippen molar-refractivity contribution in [3.8, 4) is 5.75 Å². The molecule has 1 aliphatic heterocycles. The summed E-state index contributed by atoms with van der Waals surface area (Å²) in [6.07, 6.45) is 0. The molecule has 0 aliphatic carbocycles. The Bertz CT molecular complexity index is 474. The molecule has 1 aromatic carbocycles. The molecule has 0 aromatic heterocycles. The van der Waals surface area contributed by atoms with Crippen LogP contribution in [0, 0.1) is 0 Å². The Morgan fingerprint density at radius 1 is 1.42 bits per heavy atom. The first kappa shape index (κ1) is 13.7. The molecule has 0 bridgehead atoms. The van der Waals surface area contributed by atoms with Gasteiger partial charge >= 0.3 is 5.97 Å². The fraction of sp³-hybridized carbons (Fsp3) is 0.385. The average molecular weight is 281 g/mol. The molecule has 5 nitrogen and oxygen atoms in total. The van der Waals surface area contributed by atoms with Crippen molar-refractivity contribution in [3.63, 3.8) is 0 Å². The molecule has 0 saturated carbocycles. The van der Waals surface area contributed by atoms with Crippen LogP contribution in [-0.4, -0.2) is 46.2 Å². The summed E-state index contributed by atoms with van der Waals surface area (Å²) in [5, 5.41) is 9.07. The molecule has 2 rings (SSSR count). The minimum atomic E-state index is -0.954. The maximum absolute atomic E-state index is 12.2. The fourth-order valence-electron chi connectivity index (χ4n) is 1.87. The van der Waals surface area contributed by atoms with Crippen molar-refractivity contribution in [1.82, 2.24) is 4.90 Å². The maximum Gasteiger partial charge on any atom is 0.327 e. The molecule has 0 spiro atoms. The molecule has 1 saturated heterocycles. The third-order valence-corrected chi connectivity index (χ3v) is 3.85. The van der Waals surface area contributed by atoms with Gasteiger partial charge in [-0.2, -0.15) is 0 Å². The zero-order valence-electron chi connectivity index (χ0n) is 10.5. The lowest BCUT2D eigenvalue weighted by Gasteiger charge is -2.20. The number of carbonyl (C=O) groups excluding carboxylic acids is 1. The molecule has 1 aromatic rings. The van der Waals surface area contributed by atoms with Crippen LogP contribution in [0.3, 0.4) is 0 Å². The van der Waals surface area contributed by atoms with Crippen molar-refractivity contribution in [2.24, 2.45) is 0 Å². The second-order valence-electron chi connectivity index (χ2n) is 4.09. The second-order valence-corrected chi connectivity index (χ2v) is 5.09. The SMILES string of the molecule is CCOc1ccc(C(=O)N2CSC[C@H]2C(=O)O)cc1. The molecule has 1 heterocycles. The third-order valence-electron chi connectivity index (χ3n) is 2.84. The van der Waals surface area contributed by atoms with Gasteiger partial charge in [0.1, 0.15) is 11.8 Å². The fourth-order valence-corrected chi connectivity index (χ4v) is 3.02. The quantitative estimate of drug-likeness (QED) is 0.909. The molecule has 102 valence electrons. The molecule has 19 heavy (non-hydrogen) atoms. The van der Waals surface area contributed by atoms with Crippen LogP contribution >= 0.6 is 11.8 Å². The molecular formula is C13H15NO4S. The van der Waals surface area contributed by atoms with Crippen LogP contribution in [0.25, 0.3) is 0 Å². The molecular weight excluding hydrogens is 266 g/mol. The van der Waals surface area contributed by atoms with Crippen LogP contribution in [0.2, 0.25) is 0 Å². The Labute approximate surface area is 115 Å². The Hall–Kier alpha value is -1.69. The monoisotopic (exact) mass is 281 g/mol. The lowest BCUT2D eigenvalue weighted by Crippen LogP contribution is -2.41. The van der Waals surface area contributed by atoms with Crippen molar-refractivity contribution in [2.45, 2.75) is 13.0 Å². The van der Waals surface area contributed by atoms with Crippen LogP contribution < -0.4 is 4.74 Å². The lowest BCUT2D eigenvalue weighted by molar-refractivity contribution is -0.140. The molecule has 0 unspecified atom stereocenters. The summed E-state index contributed by atoms with van der Waals surface area (Å²) >= 11 is 1.45. The summed E-state index contributed by atoms with van der Waals surface area (Å²) in [5.74, 6) is 0.357. The van der Waals surface area contributed by atoms with Crippen molar-refractivity contribution in [1.29, 1.82) is 0 Å². The van der Waals surface area contributed by atoms with Gasteiger partial charge in [0, 0.05) is 11.3 Å². The van der Waals surface area contributed by atoms with E-state index in [0.717, 1.165) is 0 Å². The number of hydrogen-bond donors (Lipinski definition) is 1. The summed E-state index contributed by atoms with van der Waals surface area (Å²) in [6.45, 7) is 2.45. The van der Waals surface area contributed by atoms with E-state index in [2.05, 4.69) is 0 Å². The minimum Gasteiger partial charge on any atom is -0.494 e. The number of carboxylic acid groups (broad SMARTS) is 1. The van der Waals surface area contributed by atoms with Gasteiger partial charge in [-0.05, 0) is 31.2 Å². The predicted octanol–water partition coefficient (Wildman–Crippen LogP) is 1.68. The number of carbonyl (C=O) groups is 2. The van der Waals surface area contributed by atoms with E-state index in [4.69, 9.17) is 9.84 Å². The van der Waals surface area contributed by atoms with Crippen LogP contribution in [0.15, 0.2) is 24.3 Å². The Morgan fingerprint density at radius 2 is 2.11 bits per heavy atom. The standard InChI is InChI=1S/C13H15NO4S/c1-2-18-10-5-3-9(4-6-10)12(15)14-8-19-7-11(14)13(16)17/h3-6,11H,2,7-8H2,1H3,(H,16,17)/t11-/m0/s1. The van der Waals surface area contributed by atoms with Crippen LogP contribution in [0.5, 0.6) is 5.75 Å². The number of thioether (sulfide) groups is 1. The smallest absolute Gasteiger partial charge is 0.327 e. The summed E-state index contributed by atoms with van der Waals surface area (Å²) in [6, 6.07) is 6.03. The molecule has 6 heteroatoms. The highest BCUT2D eigenvalue weighted by Crippen LogP contribution is 2.24. The average Bonchev–Trinajstić information content (AvgIpc) is 2.88. The van der Waals surface area contributed by atoms with Gasteiger partial charge in [0.05, 0.1) is 12.5 Å². The van der Waals surface area contributed by atoms with E-state index >= 15 is 0 Å². The van der Waals surface area contributed by atoms with Crippen LogP contribution in [-0.2, 0) is 4.79 Å². The van der Waals surface area contributed by atoms with E-state index in [9.17, 15) is 9.59 Å². The predicted molar refractivity (Wildman–Crippen MR) is 72.5 cm³/mol. The first-order valence-electron chi connectivity index (χ1n) is 5.98. The zero-order valence-corrected chi connectivity index (χ0v) is 11.4. The lowest BCUT2D eigenvalue weighted by atomic mass is 10.1. The minimum absolute atomic E-state index is 0.250. The van der Waals surface area contributed by atoms with Gasteiger partial charge in [-0.3, -0.25) is 4.79 Å². The van der Waals surface area contributed by atoms with Gasteiger partial charge in [0.15, 0.2) is 0 Å². The number of nitrogens with zero attached hydrogens (tertiary/aromatic N) is 1. The first-order chi connectivity index (χ1) is 9.13. The van der Waals surface area contributed by atoms with Gasteiger partial charge in [-0.1, -0.05) is 0 Å². The topological polar surface area (TPSA) is 66.8 Å². The highest BCUT2D eigenvalue weighted by molar-refractivity contribution is 7.99. The van der Waals surface area contributed by atoms with Gasteiger partial charge in [-0.25, -0.2) is 4.79 Å². The van der Waals surface area contributed by atoms with Crippen molar-refractivity contribution in [3.05, 3.63) is 29.8 Å². The number of aliphatic carboxylic acids is 1. The van der Waals surface area contributed by atoms with E-state index in [-0.39, 0.29) is 5.91 Å². The van der Waals surface area contributed by atoms with Gasteiger partial charge in [0.25, 0.3) is 5.91 Å². The number of carboxylic acids is 1. The highest BCUT2D eigenvalue weighted by Gasteiger charge is 2.34. The molecule has 1 atom stereocenters. The summed E-state index contributed by atoms with van der Waals surface area (Å²) in [7, 11) is 0. The van der Waals surface area contributed by atoms with E-state index in [1.54, 1.807) is 24.3 Å². The van der Waals surface area contributed by atoms with Gasteiger partial charge < -0.3 is 14.7 Å². The van der Waals surface area contributed by atoms with Gasteiger partial charge in [0.2, 0.25) is 0 Å². The molecule has 0 radical (unpaired) electrons. The van der Waals surface area contributed by atoms with Crippen LogP contribution in [0.1, 0.15) is 17.3 Å². The molecule has 1 N–H and O–H groups in total. The van der Waals surface area contributed by atoms with Crippen molar-refractivity contribution < 1.29 is 19.4 Å². The number of rotatable bonds is 4. The third kappa shape index (κ3) is 3.01. The number of benzene rings is 1. The van der Waals surface area contributed by atoms with E-state index in [0.29, 0.717) is 29.5 Å². The number of ether oxygens (including phenoxy) is 1. The molecule has 1 aliphatic rings. The number of hydrogen-bond acceptors (Lipinski definition) is 4. The maximum atomic E-state index is 12.2. The Morgan fingerprint density at radius 3 is 2.68 bits per heavy atom. The number of amides is 1. The van der Waals surface area contributed by atoms with Crippen molar-refractivity contribution >= 4 is 23.6 Å². The first-order valence-corrected chi connectivity index (χ1v) is 7.13. The summed E-state index contributed by atoms with van der Waals surface area (Å²) in [4.78, 5) is 24.7. The second kappa shape index (κ2) is 5.97. The summed E-state index contributed by atoms with van der Waals surface area (Å²) < 4.78 is 5.30. The molecule has 1 amide bonds. The van der Waals surface area contributed by atoms with Gasteiger partial charge in [-0.15, -0.1) is 11.8 Å². The Balaban J connectivity index is 2.12. The highest BCUT2D eigenvalue weighted by atomic mass is 32.2. The van der Waals surface area contributed by atoms with E-state index in [1.807, 2.05) is 6.92 Å². The Kier molecular flexibility index (Phi) is 4.31. The van der Waals surface area contributed by atoms with Crippen molar-refractivity contribution in [2.75, 3.05) is 18.2 Å². The van der Waals surface area contributed by atoms with E-state index < -0.39 is 12.0 Å². The zero-order chi connectivity index (χ0) is 13.8. The summed E-state index contributed by atoms with van der Waals surface area (Å²) in [5.41, 5.74) is 0.484. The molecule has 1 fully saturated rings. The van der Waals surface area contributed by atoms with E-state index in [1.165, 1.54) is 16.7 Å². The normalized spacial score (nSPS) is 18.4. The van der Waals surface area contributed by atoms with Crippen LogP contribution in [0.4, 0.5) is 0 Å².